The Morgan fingerprint density at radius 2 is 1.89 bits per heavy atom. The molecule has 2 aromatic rings. The standard InChI is InChI=1S/C18H23F2N5O.HI/c1-21-18(23-11-13-8-9-22-16(10-13)25(2)3)24-12-14-6-4-5-7-15(14)26-17(19)20;/h4-10,17H,11-12H2,1-3H3,(H2,21,23,24);1H. The molecule has 27 heavy (non-hydrogen) atoms. The van der Waals surface area contributed by atoms with Crippen molar-refractivity contribution in [3.05, 3.63) is 53.7 Å². The number of rotatable bonds is 7. The van der Waals surface area contributed by atoms with Crippen LogP contribution in [-0.4, -0.2) is 38.7 Å². The monoisotopic (exact) mass is 491 g/mol. The maximum Gasteiger partial charge on any atom is 0.387 e. The van der Waals surface area contributed by atoms with Crippen LogP contribution in [0.15, 0.2) is 47.6 Å². The number of benzene rings is 1. The van der Waals surface area contributed by atoms with E-state index in [-0.39, 0.29) is 29.7 Å². The van der Waals surface area contributed by atoms with Crippen LogP contribution in [0.2, 0.25) is 0 Å². The quantitative estimate of drug-likeness (QED) is 0.354. The van der Waals surface area contributed by atoms with Crippen molar-refractivity contribution in [1.29, 1.82) is 0 Å². The third kappa shape index (κ3) is 7.53. The number of para-hydroxylation sites is 1. The lowest BCUT2D eigenvalue weighted by Crippen LogP contribution is -2.36. The van der Waals surface area contributed by atoms with E-state index in [0.29, 0.717) is 24.6 Å². The molecular formula is C18H24F2IN5O. The van der Waals surface area contributed by atoms with Crippen molar-refractivity contribution < 1.29 is 13.5 Å². The average molecular weight is 491 g/mol. The van der Waals surface area contributed by atoms with Crippen molar-refractivity contribution in [1.82, 2.24) is 15.6 Å². The summed E-state index contributed by atoms with van der Waals surface area (Å²) in [6, 6.07) is 10.6. The number of ether oxygens (including phenoxy) is 1. The van der Waals surface area contributed by atoms with Gasteiger partial charge in [0.2, 0.25) is 0 Å². The molecule has 0 spiro atoms. The first kappa shape index (κ1) is 22.9. The number of alkyl halides is 2. The highest BCUT2D eigenvalue weighted by Crippen LogP contribution is 2.19. The molecule has 0 radical (unpaired) electrons. The summed E-state index contributed by atoms with van der Waals surface area (Å²) in [6.07, 6.45) is 1.75. The summed E-state index contributed by atoms with van der Waals surface area (Å²) in [5.41, 5.74) is 1.67. The number of hydrogen-bond donors (Lipinski definition) is 2. The average Bonchev–Trinajstić information content (AvgIpc) is 2.63. The molecule has 6 nitrogen and oxygen atoms in total. The van der Waals surface area contributed by atoms with Crippen LogP contribution in [0.5, 0.6) is 5.75 Å². The van der Waals surface area contributed by atoms with E-state index in [0.717, 1.165) is 11.4 Å². The smallest absolute Gasteiger partial charge is 0.387 e. The first-order valence-corrected chi connectivity index (χ1v) is 8.09. The van der Waals surface area contributed by atoms with Gasteiger partial charge in [0.1, 0.15) is 11.6 Å². The van der Waals surface area contributed by atoms with Gasteiger partial charge in [-0.3, -0.25) is 4.99 Å². The molecule has 0 aliphatic rings. The zero-order chi connectivity index (χ0) is 18.9. The van der Waals surface area contributed by atoms with Gasteiger partial charge in [0, 0.05) is 46.0 Å². The summed E-state index contributed by atoms with van der Waals surface area (Å²) in [4.78, 5) is 10.3. The maximum atomic E-state index is 12.5. The van der Waals surface area contributed by atoms with Gasteiger partial charge < -0.3 is 20.3 Å². The maximum absolute atomic E-state index is 12.5. The van der Waals surface area contributed by atoms with E-state index in [4.69, 9.17) is 0 Å². The highest BCUT2D eigenvalue weighted by atomic mass is 127. The molecule has 1 aromatic heterocycles. The Balaban J connectivity index is 0.00000364. The van der Waals surface area contributed by atoms with Crippen LogP contribution in [0.3, 0.4) is 0 Å². The normalized spacial score (nSPS) is 11.0. The number of aromatic nitrogens is 1. The van der Waals surface area contributed by atoms with E-state index in [9.17, 15) is 8.78 Å². The Kier molecular flexibility index (Phi) is 9.76. The minimum Gasteiger partial charge on any atom is -0.434 e. The molecule has 0 unspecified atom stereocenters. The van der Waals surface area contributed by atoms with Crippen LogP contribution in [0.25, 0.3) is 0 Å². The zero-order valence-electron chi connectivity index (χ0n) is 15.4. The Labute approximate surface area is 175 Å². The van der Waals surface area contributed by atoms with Gasteiger partial charge in [-0.05, 0) is 23.8 Å². The number of hydrogen-bond acceptors (Lipinski definition) is 4. The minimum atomic E-state index is -2.86. The predicted octanol–water partition coefficient (Wildman–Crippen LogP) is 3.23. The van der Waals surface area contributed by atoms with E-state index >= 15 is 0 Å². The lowest BCUT2D eigenvalue weighted by atomic mass is 10.2. The highest BCUT2D eigenvalue weighted by molar-refractivity contribution is 14.0. The van der Waals surface area contributed by atoms with Gasteiger partial charge >= 0.3 is 6.61 Å². The molecule has 0 saturated carbocycles. The fourth-order valence-electron chi connectivity index (χ4n) is 2.26. The van der Waals surface area contributed by atoms with Crippen LogP contribution in [0.4, 0.5) is 14.6 Å². The predicted molar refractivity (Wildman–Crippen MR) is 114 cm³/mol. The van der Waals surface area contributed by atoms with Gasteiger partial charge in [0.15, 0.2) is 5.96 Å². The van der Waals surface area contributed by atoms with Crippen molar-refractivity contribution in [2.24, 2.45) is 4.99 Å². The lowest BCUT2D eigenvalue weighted by molar-refractivity contribution is -0.0504. The Morgan fingerprint density at radius 3 is 2.56 bits per heavy atom. The second-order valence-electron chi connectivity index (χ2n) is 5.68. The summed E-state index contributed by atoms with van der Waals surface area (Å²) in [5, 5.41) is 6.28. The molecule has 0 atom stereocenters. The number of pyridine rings is 1. The van der Waals surface area contributed by atoms with Gasteiger partial charge in [0.05, 0.1) is 0 Å². The van der Waals surface area contributed by atoms with Gasteiger partial charge in [-0.25, -0.2) is 4.98 Å². The number of guanidine groups is 1. The fourth-order valence-corrected chi connectivity index (χ4v) is 2.26. The Bertz CT molecular complexity index is 743. The van der Waals surface area contributed by atoms with Gasteiger partial charge in [-0.1, -0.05) is 18.2 Å². The molecule has 0 aliphatic carbocycles. The summed E-state index contributed by atoms with van der Waals surface area (Å²) in [7, 11) is 5.51. The second kappa shape index (κ2) is 11.5. The van der Waals surface area contributed by atoms with E-state index in [1.807, 2.05) is 31.1 Å². The molecule has 0 fully saturated rings. The molecule has 1 heterocycles. The zero-order valence-corrected chi connectivity index (χ0v) is 17.8. The molecule has 0 amide bonds. The van der Waals surface area contributed by atoms with Gasteiger partial charge in [0.25, 0.3) is 0 Å². The number of halogens is 3. The van der Waals surface area contributed by atoms with Gasteiger partial charge in [-0.2, -0.15) is 8.78 Å². The van der Waals surface area contributed by atoms with Crippen LogP contribution in [0, 0.1) is 0 Å². The molecule has 0 bridgehead atoms. The van der Waals surface area contributed by atoms with Crippen molar-refractivity contribution in [2.75, 3.05) is 26.0 Å². The van der Waals surface area contributed by atoms with Crippen LogP contribution < -0.4 is 20.3 Å². The summed E-state index contributed by atoms with van der Waals surface area (Å²) in [6.45, 7) is -1.99. The van der Waals surface area contributed by atoms with E-state index < -0.39 is 6.61 Å². The minimum absolute atomic E-state index is 0. The van der Waals surface area contributed by atoms with E-state index in [1.165, 1.54) is 6.07 Å². The van der Waals surface area contributed by atoms with Crippen molar-refractivity contribution in [3.63, 3.8) is 0 Å². The van der Waals surface area contributed by atoms with Crippen molar-refractivity contribution in [2.45, 2.75) is 19.7 Å². The Morgan fingerprint density at radius 1 is 1.19 bits per heavy atom. The third-order valence-electron chi connectivity index (χ3n) is 3.59. The fraction of sp³-hybridized carbons (Fsp3) is 0.333. The second-order valence-corrected chi connectivity index (χ2v) is 5.68. The summed E-state index contributed by atoms with van der Waals surface area (Å²) < 4.78 is 29.5. The number of aliphatic imine (C=N–C) groups is 1. The SMILES string of the molecule is CN=C(NCc1ccnc(N(C)C)c1)NCc1ccccc1OC(F)F.I. The van der Waals surface area contributed by atoms with Crippen molar-refractivity contribution >= 4 is 35.8 Å². The van der Waals surface area contributed by atoms with Crippen molar-refractivity contribution in [3.8, 4) is 5.75 Å². The number of nitrogens with zero attached hydrogens (tertiary/aromatic N) is 3. The molecule has 9 heteroatoms. The Hall–Kier alpha value is -2.17. The molecular weight excluding hydrogens is 467 g/mol. The highest BCUT2D eigenvalue weighted by Gasteiger charge is 2.09. The molecule has 148 valence electrons. The first-order valence-electron chi connectivity index (χ1n) is 8.09. The topological polar surface area (TPSA) is 61.8 Å². The first-order chi connectivity index (χ1) is 12.5. The molecule has 2 rings (SSSR count). The molecule has 1 aromatic carbocycles. The summed E-state index contributed by atoms with van der Waals surface area (Å²) in [5.74, 6) is 1.57. The molecule has 0 aliphatic heterocycles. The van der Waals surface area contributed by atoms with Crippen LogP contribution in [0.1, 0.15) is 11.1 Å². The molecule has 0 saturated heterocycles. The van der Waals surface area contributed by atoms with Crippen LogP contribution >= 0.6 is 24.0 Å². The largest absolute Gasteiger partial charge is 0.434 e. The third-order valence-corrected chi connectivity index (χ3v) is 3.59. The number of anilines is 1. The number of nitrogens with one attached hydrogen (secondary N) is 2. The van der Waals surface area contributed by atoms with Gasteiger partial charge in [-0.15, -0.1) is 24.0 Å². The van der Waals surface area contributed by atoms with E-state index in [2.05, 4.69) is 25.3 Å². The molecule has 2 N–H and O–H groups in total. The van der Waals surface area contributed by atoms with E-state index in [1.54, 1.807) is 31.4 Å². The summed E-state index contributed by atoms with van der Waals surface area (Å²) >= 11 is 0. The van der Waals surface area contributed by atoms with Crippen LogP contribution in [-0.2, 0) is 13.1 Å². The lowest BCUT2D eigenvalue weighted by Gasteiger charge is -2.15.